The lowest BCUT2D eigenvalue weighted by Crippen LogP contribution is -2.38. The predicted molar refractivity (Wildman–Crippen MR) is 226 cm³/mol. The molecular formula is C51H52N4O. The van der Waals surface area contributed by atoms with Crippen molar-refractivity contribution in [2.45, 2.75) is 120 Å². The molecule has 3 heterocycles. The minimum Gasteiger partial charge on any atom is -0.460 e. The van der Waals surface area contributed by atoms with Crippen LogP contribution in [0.1, 0.15) is 135 Å². The average molecular weight is 737 g/mol. The van der Waals surface area contributed by atoms with E-state index in [1.807, 2.05) is 0 Å². The number of hydrogen-bond donors (Lipinski definition) is 0. The zero-order valence-electron chi connectivity index (χ0n) is 32.5. The van der Waals surface area contributed by atoms with E-state index in [4.69, 9.17) is 19.4 Å². The second kappa shape index (κ2) is 14.5. The van der Waals surface area contributed by atoms with Crippen LogP contribution in [-0.4, -0.2) is 31.9 Å². The van der Waals surface area contributed by atoms with Crippen molar-refractivity contribution in [2.24, 2.45) is 5.92 Å². The van der Waals surface area contributed by atoms with Gasteiger partial charge in [0.2, 0.25) is 0 Å². The van der Waals surface area contributed by atoms with E-state index >= 15 is 0 Å². The second-order valence-electron chi connectivity index (χ2n) is 17.1. The summed E-state index contributed by atoms with van der Waals surface area (Å²) in [5, 5.41) is 0. The molecule has 6 atom stereocenters. The van der Waals surface area contributed by atoms with Crippen LogP contribution < -0.4 is 0 Å². The number of nitrogens with zero attached hydrogens (tertiary/aromatic N) is 4. The number of likely N-dealkylation sites (tertiary alicyclic amines) is 1. The van der Waals surface area contributed by atoms with Crippen molar-refractivity contribution in [3.05, 3.63) is 171 Å². The molecule has 0 amide bonds. The highest BCUT2D eigenvalue weighted by Crippen LogP contribution is 2.54. The first-order valence-electron chi connectivity index (χ1n) is 21.7. The molecule has 8 aliphatic carbocycles. The van der Waals surface area contributed by atoms with Gasteiger partial charge in [0.15, 0.2) is 5.82 Å². The van der Waals surface area contributed by atoms with Crippen molar-refractivity contribution < 1.29 is 4.42 Å². The number of allylic oxidation sites excluding steroid dienone is 21. The minimum atomic E-state index is 0.00552. The van der Waals surface area contributed by atoms with E-state index in [2.05, 4.69) is 114 Å². The number of furan rings is 1. The summed E-state index contributed by atoms with van der Waals surface area (Å²) >= 11 is 0. The van der Waals surface area contributed by atoms with Crippen LogP contribution >= 0.6 is 0 Å². The Hall–Kier alpha value is -5.03. The summed E-state index contributed by atoms with van der Waals surface area (Å²) in [7, 11) is 0. The quantitative estimate of drug-likeness (QED) is 0.276. The van der Waals surface area contributed by atoms with Gasteiger partial charge < -0.3 is 9.32 Å². The first-order chi connectivity index (χ1) is 27.8. The third-order valence-electron chi connectivity index (χ3n) is 13.9. The first-order valence-corrected chi connectivity index (χ1v) is 21.7. The Morgan fingerprint density at radius 1 is 0.679 bits per heavy atom. The Morgan fingerprint density at radius 2 is 1.59 bits per heavy atom. The van der Waals surface area contributed by atoms with E-state index in [1.54, 1.807) is 5.57 Å². The molecule has 5 heteroatoms. The summed E-state index contributed by atoms with van der Waals surface area (Å²) in [4.78, 5) is 18.7. The van der Waals surface area contributed by atoms with Crippen molar-refractivity contribution in [1.82, 2.24) is 19.9 Å². The van der Waals surface area contributed by atoms with Crippen LogP contribution in [0.3, 0.4) is 0 Å². The molecule has 0 aromatic carbocycles. The van der Waals surface area contributed by atoms with Gasteiger partial charge in [-0.1, -0.05) is 103 Å². The first kappa shape index (κ1) is 34.2. The van der Waals surface area contributed by atoms with Gasteiger partial charge >= 0.3 is 0 Å². The van der Waals surface area contributed by atoms with Crippen LogP contribution in [0.5, 0.6) is 0 Å². The SMILES string of the molecule is C1=CCCC(C2=CC(c3nc(C4=CCCC=C4)nc(C4C=CCCC4)n3)C(C3=Cc4oc5c(c4CC3)CCC3C5C4=CC=CCC4N3C3=CC=CCC3)C=C2)=C1. The summed E-state index contributed by atoms with van der Waals surface area (Å²) in [5.74, 6) is 5.71. The molecule has 9 aliphatic rings. The van der Waals surface area contributed by atoms with E-state index in [0.29, 0.717) is 18.0 Å². The summed E-state index contributed by atoms with van der Waals surface area (Å²) in [6, 6.07) is 0.904. The molecule has 11 rings (SSSR count). The van der Waals surface area contributed by atoms with E-state index in [1.165, 1.54) is 52.1 Å². The molecule has 5 nitrogen and oxygen atoms in total. The Balaban J connectivity index is 0.989. The fourth-order valence-electron chi connectivity index (χ4n) is 11.2. The highest BCUT2D eigenvalue weighted by Gasteiger charge is 2.51. The molecule has 1 saturated heterocycles. The largest absolute Gasteiger partial charge is 0.460 e. The standard InChI is InChI=1S/C51H52N4O/c1-5-15-33(16-6-1)36-25-27-39(43(31-36)51-53-49(34-17-7-2-8-18-34)52-50(54-51)35-19-9-3-10-20-35)37-26-28-40-41-29-30-45-47(48(41)56-46(40)32-37)42-23-13-14-24-44(42)55(45)38-21-11-4-12-22-38/h1,4-5,7,9,11,13-15,17-19,21,23,25,27,31-32,35,39,43-45,47H,2-3,6,8,10,12,16,20,22,24,26,28-30H2. The number of aromatic nitrogens is 3. The van der Waals surface area contributed by atoms with E-state index < -0.39 is 0 Å². The molecule has 282 valence electrons. The summed E-state index contributed by atoms with van der Waals surface area (Å²) in [6.07, 6.45) is 57.3. The van der Waals surface area contributed by atoms with Crippen LogP contribution in [0.4, 0.5) is 0 Å². The average Bonchev–Trinajstić information content (AvgIpc) is 3.83. The highest BCUT2D eigenvalue weighted by atomic mass is 16.3. The molecule has 2 aromatic heterocycles. The van der Waals surface area contributed by atoms with Crippen molar-refractivity contribution in [3.8, 4) is 0 Å². The van der Waals surface area contributed by atoms with Crippen LogP contribution in [0.25, 0.3) is 11.6 Å². The van der Waals surface area contributed by atoms with Gasteiger partial charge in [0, 0.05) is 40.6 Å². The molecule has 1 aliphatic heterocycles. The van der Waals surface area contributed by atoms with Crippen molar-refractivity contribution in [1.29, 1.82) is 0 Å². The molecule has 0 spiro atoms. The van der Waals surface area contributed by atoms with Crippen LogP contribution in [-0.2, 0) is 12.8 Å². The Kier molecular flexibility index (Phi) is 8.85. The zero-order chi connectivity index (χ0) is 37.0. The maximum absolute atomic E-state index is 7.18. The molecule has 1 fully saturated rings. The third kappa shape index (κ3) is 6.01. The maximum atomic E-state index is 7.18. The molecule has 0 N–H and O–H groups in total. The van der Waals surface area contributed by atoms with Gasteiger partial charge in [-0.05, 0) is 124 Å². The molecule has 6 unspecified atom stereocenters. The third-order valence-corrected chi connectivity index (χ3v) is 13.9. The second-order valence-corrected chi connectivity index (χ2v) is 17.1. The lowest BCUT2D eigenvalue weighted by molar-refractivity contribution is 0.218. The zero-order valence-corrected chi connectivity index (χ0v) is 32.5. The van der Waals surface area contributed by atoms with E-state index in [0.717, 1.165) is 106 Å². The van der Waals surface area contributed by atoms with Gasteiger partial charge in [-0.15, -0.1) is 0 Å². The number of rotatable bonds is 6. The van der Waals surface area contributed by atoms with Gasteiger partial charge in [0.25, 0.3) is 0 Å². The monoisotopic (exact) mass is 736 g/mol. The lowest BCUT2D eigenvalue weighted by atomic mass is 9.74. The fourth-order valence-corrected chi connectivity index (χ4v) is 11.2. The van der Waals surface area contributed by atoms with Gasteiger partial charge in [-0.2, -0.15) is 0 Å². The van der Waals surface area contributed by atoms with E-state index in [9.17, 15) is 0 Å². The number of hydrogen-bond acceptors (Lipinski definition) is 5. The van der Waals surface area contributed by atoms with Gasteiger partial charge in [0.1, 0.15) is 23.2 Å². The Morgan fingerprint density at radius 3 is 2.43 bits per heavy atom. The van der Waals surface area contributed by atoms with Crippen molar-refractivity contribution in [2.75, 3.05) is 0 Å². The Bertz CT molecular complexity index is 2330. The summed E-state index contributed by atoms with van der Waals surface area (Å²) < 4.78 is 7.18. The van der Waals surface area contributed by atoms with Crippen LogP contribution in [0.15, 0.2) is 136 Å². The van der Waals surface area contributed by atoms with E-state index in [-0.39, 0.29) is 17.8 Å². The molecule has 0 bridgehead atoms. The van der Waals surface area contributed by atoms with Crippen LogP contribution in [0.2, 0.25) is 0 Å². The highest BCUT2D eigenvalue weighted by molar-refractivity contribution is 5.70. The van der Waals surface area contributed by atoms with Gasteiger partial charge in [-0.25, -0.2) is 15.0 Å². The summed E-state index contributed by atoms with van der Waals surface area (Å²) in [5.41, 5.74) is 11.3. The minimum absolute atomic E-state index is 0.00552. The molecule has 0 radical (unpaired) electrons. The smallest absolute Gasteiger partial charge is 0.163 e. The summed E-state index contributed by atoms with van der Waals surface area (Å²) in [6.45, 7) is 0. The number of fused-ring (bicyclic) bond motifs is 7. The molecular weight excluding hydrogens is 685 g/mol. The Labute approximate surface area is 331 Å². The van der Waals surface area contributed by atoms with Gasteiger partial charge in [0.05, 0.1) is 12.0 Å². The lowest BCUT2D eigenvalue weighted by Gasteiger charge is -2.37. The maximum Gasteiger partial charge on any atom is 0.163 e. The molecule has 2 aromatic rings. The van der Waals surface area contributed by atoms with Crippen LogP contribution in [0, 0.1) is 5.92 Å². The van der Waals surface area contributed by atoms with Crippen molar-refractivity contribution in [3.63, 3.8) is 0 Å². The predicted octanol–water partition coefficient (Wildman–Crippen LogP) is 11.7. The topological polar surface area (TPSA) is 55.1 Å². The van der Waals surface area contributed by atoms with Crippen molar-refractivity contribution >= 4 is 11.6 Å². The molecule has 56 heavy (non-hydrogen) atoms. The molecule has 0 saturated carbocycles. The fraction of sp³-hybridized carbons (Fsp3) is 0.392. The van der Waals surface area contributed by atoms with Gasteiger partial charge in [-0.3, -0.25) is 0 Å². The normalized spacial score (nSPS) is 30.0.